The number of carboxylic acids is 1. The molecule has 33 heavy (non-hydrogen) atoms. The molecule has 1 aliphatic heterocycles. The highest BCUT2D eigenvalue weighted by atomic mass is 16.5. The zero-order chi connectivity index (χ0) is 22.6. The standard InChI is InChI=1S/C28H28N2O3/c31-28(32)27-26(23-10-4-5-11-24(23)30-27)25(19-7-2-1-3-8-19)20-12-14-22(15-13-20)33-18-16-21-9-6-17-29-21/h1-5,7-8,10-15,21,25,29-30H,6,9,16-18H2,(H,31,32). The van der Waals surface area contributed by atoms with Gasteiger partial charge in [-0.15, -0.1) is 0 Å². The summed E-state index contributed by atoms with van der Waals surface area (Å²) in [5.41, 5.74) is 3.91. The molecular formula is C28H28N2O3. The van der Waals surface area contributed by atoms with E-state index in [-0.39, 0.29) is 11.6 Å². The minimum absolute atomic E-state index is 0.217. The lowest BCUT2D eigenvalue weighted by Gasteiger charge is -2.20. The van der Waals surface area contributed by atoms with Crippen LogP contribution >= 0.6 is 0 Å². The van der Waals surface area contributed by atoms with Gasteiger partial charge in [0.1, 0.15) is 11.4 Å². The van der Waals surface area contributed by atoms with Crippen LogP contribution in [0.4, 0.5) is 0 Å². The number of nitrogens with one attached hydrogen (secondary N) is 2. The van der Waals surface area contributed by atoms with Gasteiger partial charge in [0, 0.05) is 28.4 Å². The molecule has 0 aliphatic carbocycles. The van der Waals surface area contributed by atoms with Gasteiger partial charge in [0.2, 0.25) is 0 Å². The Morgan fingerprint density at radius 2 is 1.70 bits per heavy atom. The fraction of sp³-hybridized carbons (Fsp3) is 0.250. The number of aromatic carboxylic acids is 1. The third kappa shape index (κ3) is 4.50. The van der Waals surface area contributed by atoms with Crippen molar-refractivity contribution >= 4 is 16.9 Å². The molecule has 1 saturated heterocycles. The summed E-state index contributed by atoms with van der Waals surface area (Å²) in [4.78, 5) is 15.3. The van der Waals surface area contributed by atoms with Crippen molar-refractivity contribution in [1.29, 1.82) is 0 Å². The molecular weight excluding hydrogens is 412 g/mol. The molecule has 1 aliphatic rings. The number of H-pyrrole nitrogens is 1. The van der Waals surface area contributed by atoms with E-state index < -0.39 is 5.97 Å². The van der Waals surface area contributed by atoms with E-state index in [1.54, 1.807) is 0 Å². The fourth-order valence-corrected chi connectivity index (χ4v) is 4.88. The Labute approximate surface area is 193 Å². The Hall–Kier alpha value is -3.57. The number of aromatic amines is 1. The smallest absolute Gasteiger partial charge is 0.352 e. The second-order valence-corrected chi connectivity index (χ2v) is 8.61. The van der Waals surface area contributed by atoms with Crippen LogP contribution in [-0.2, 0) is 0 Å². The van der Waals surface area contributed by atoms with Gasteiger partial charge in [-0.1, -0.05) is 60.7 Å². The Balaban J connectivity index is 1.49. The van der Waals surface area contributed by atoms with Gasteiger partial charge in [0.15, 0.2) is 0 Å². The number of para-hydroxylation sites is 1. The third-order valence-corrected chi connectivity index (χ3v) is 6.49. The molecule has 3 N–H and O–H groups in total. The van der Waals surface area contributed by atoms with Gasteiger partial charge in [-0.05, 0) is 55.1 Å². The lowest BCUT2D eigenvalue weighted by atomic mass is 9.83. The molecule has 0 amide bonds. The maximum Gasteiger partial charge on any atom is 0.352 e. The van der Waals surface area contributed by atoms with Crippen LogP contribution in [0.3, 0.4) is 0 Å². The minimum atomic E-state index is -0.956. The van der Waals surface area contributed by atoms with Crippen LogP contribution in [-0.4, -0.2) is 35.3 Å². The van der Waals surface area contributed by atoms with Gasteiger partial charge in [0.25, 0.3) is 0 Å². The molecule has 2 unspecified atom stereocenters. The molecule has 1 fully saturated rings. The third-order valence-electron chi connectivity index (χ3n) is 6.49. The monoisotopic (exact) mass is 440 g/mol. The number of carboxylic acid groups (broad SMARTS) is 1. The average molecular weight is 441 g/mol. The molecule has 2 heterocycles. The van der Waals surface area contributed by atoms with Crippen LogP contribution in [0.5, 0.6) is 5.75 Å². The van der Waals surface area contributed by atoms with Gasteiger partial charge in [-0.2, -0.15) is 0 Å². The van der Waals surface area contributed by atoms with Crippen LogP contribution < -0.4 is 10.1 Å². The molecule has 0 radical (unpaired) electrons. The second-order valence-electron chi connectivity index (χ2n) is 8.61. The highest BCUT2D eigenvalue weighted by molar-refractivity contribution is 5.98. The van der Waals surface area contributed by atoms with E-state index in [1.807, 2.05) is 66.7 Å². The van der Waals surface area contributed by atoms with Gasteiger partial charge < -0.3 is 20.1 Å². The highest BCUT2D eigenvalue weighted by Crippen LogP contribution is 2.39. The average Bonchev–Trinajstić information content (AvgIpc) is 3.50. The zero-order valence-electron chi connectivity index (χ0n) is 18.5. The minimum Gasteiger partial charge on any atom is -0.494 e. The normalized spacial score (nSPS) is 16.7. The summed E-state index contributed by atoms with van der Waals surface area (Å²) in [6, 6.07) is 26.5. The molecule has 0 saturated carbocycles. The van der Waals surface area contributed by atoms with Gasteiger partial charge in [-0.25, -0.2) is 4.79 Å². The van der Waals surface area contributed by atoms with E-state index in [1.165, 1.54) is 12.8 Å². The number of ether oxygens (including phenoxy) is 1. The van der Waals surface area contributed by atoms with Crippen molar-refractivity contribution in [2.75, 3.05) is 13.2 Å². The molecule has 5 rings (SSSR count). The Bertz CT molecular complexity index is 1230. The first-order valence-corrected chi connectivity index (χ1v) is 11.6. The van der Waals surface area contributed by atoms with Crippen LogP contribution in [0, 0.1) is 0 Å². The first-order valence-electron chi connectivity index (χ1n) is 11.6. The predicted molar refractivity (Wildman–Crippen MR) is 130 cm³/mol. The Kier molecular flexibility index (Phi) is 6.13. The van der Waals surface area contributed by atoms with Crippen molar-refractivity contribution in [2.24, 2.45) is 0 Å². The van der Waals surface area contributed by atoms with E-state index in [2.05, 4.69) is 22.4 Å². The maximum absolute atomic E-state index is 12.2. The molecule has 3 aromatic carbocycles. The fourth-order valence-electron chi connectivity index (χ4n) is 4.88. The topological polar surface area (TPSA) is 74.3 Å². The number of hydrogen-bond donors (Lipinski definition) is 3. The number of benzene rings is 3. The number of rotatable bonds is 8. The van der Waals surface area contributed by atoms with E-state index in [0.717, 1.165) is 46.3 Å². The van der Waals surface area contributed by atoms with Gasteiger partial charge in [-0.3, -0.25) is 0 Å². The SMILES string of the molecule is O=C(O)c1[nH]c2ccccc2c1C(c1ccccc1)c1ccc(OCCC2CCCN2)cc1. The van der Waals surface area contributed by atoms with Crippen molar-refractivity contribution in [3.05, 3.63) is 101 Å². The largest absolute Gasteiger partial charge is 0.494 e. The van der Waals surface area contributed by atoms with Crippen molar-refractivity contribution in [2.45, 2.75) is 31.2 Å². The molecule has 0 bridgehead atoms. The molecule has 168 valence electrons. The van der Waals surface area contributed by atoms with E-state index >= 15 is 0 Å². The number of hydrogen-bond acceptors (Lipinski definition) is 3. The number of carbonyl (C=O) groups is 1. The summed E-state index contributed by atoms with van der Waals surface area (Å²) in [6.45, 7) is 1.79. The molecule has 1 aromatic heterocycles. The zero-order valence-corrected chi connectivity index (χ0v) is 18.5. The molecule has 0 spiro atoms. The maximum atomic E-state index is 12.2. The summed E-state index contributed by atoms with van der Waals surface area (Å²) in [5.74, 6) is -0.339. The van der Waals surface area contributed by atoms with Crippen LogP contribution in [0.15, 0.2) is 78.9 Å². The van der Waals surface area contributed by atoms with Crippen molar-refractivity contribution in [3.8, 4) is 5.75 Å². The molecule has 5 heteroatoms. The molecule has 5 nitrogen and oxygen atoms in total. The van der Waals surface area contributed by atoms with E-state index in [0.29, 0.717) is 12.6 Å². The first kappa shape index (κ1) is 21.3. The molecule has 2 atom stereocenters. The van der Waals surface area contributed by atoms with Crippen molar-refractivity contribution in [3.63, 3.8) is 0 Å². The van der Waals surface area contributed by atoms with Crippen molar-refractivity contribution < 1.29 is 14.6 Å². The van der Waals surface area contributed by atoms with Crippen LogP contribution in [0.1, 0.15) is 52.4 Å². The van der Waals surface area contributed by atoms with Gasteiger partial charge in [0.05, 0.1) is 6.61 Å². The highest BCUT2D eigenvalue weighted by Gasteiger charge is 2.27. The lowest BCUT2D eigenvalue weighted by molar-refractivity contribution is 0.0690. The summed E-state index contributed by atoms with van der Waals surface area (Å²) in [5, 5.41) is 14.4. The Morgan fingerprint density at radius 3 is 2.42 bits per heavy atom. The number of fused-ring (bicyclic) bond motifs is 1. The first-order chi connectivity index (χ1) is 16.2. The second kappa shape index (κ2) is 9.51. The van der Waals surface area contributed by atoms with Crippen LogP contribution in [0.25, 0.3) is 10.9 Å². The van der Waals surface area contributed by atoms with E-state index in [9.17, 15) is 9.90 Å². The summed E-state index contributed by atoms with van der Waals surface area (Å²) in [7, 11) is 0. The van der Waals surface area contributed by atoms with Gasteiger partial charge >= 0.3 is 5.97 Å². The summed E-state index contributed by atoms with van der Waals surface area (Å²) in [6.07, 6.45) is 3.47. The predicted octanol–water partition coefficient (Wildman–Crippen LogP) is 5.57. The summed E-state index contributed by atoms with van der Waals surface area (Å²) >= 11 is 0. The number of aromatic nitrogens is 1. The molecule has 4 aromatic rings. The lowest BCUT2D eigenvalue weighted by Crippen LogP contribution is -2.23. The quantitative estimate of drug-likeness (QED) is 0.335. The van der Waals surface area contributed by atoms with E-state index in [4.69, 9.17) is 4.74 Å². The summed E-state index contributed by atoms with van der Waals surface area (Å²) < 4.78 is 5.99. The van der Waals surface area contributed by atoms with Crippen molar-refractivity contribution in [1.82, 2.24) is 10.3 Å². The van der Waals surface area contributed by atoms with Crippen LogP contribution in [0.2, 0.25) is 0 Å². The Morgan fingerprint density at radius 1 is 0.970 bits per heavy atom.